The summed E-state index contributed by atoms with van der Waals surface area (Å²) in [6.07, 6.45) is 1.13. The molecule has 1 aliphatic heterocycles. The molecule has 12 heteroatoms. The van der Waals surface area contributed by atoms with Crippen LogP contribution in [0.15, 0.2) is 0 Å². The lowest BCUT2D eigenvalue weighted by Gasteiger charge is -2.24. The van der Waals surface area contributed by atoms with Crippen LogP contribution in [0.5, 0.6) is 0 Å². The molecule has 30 heavy (non-hydrogen) atoms. The Kier molecular flexibility index (Phi) is 10.6. The fourth-order valence-electron chi connectivity index (χ4n) is 3.02. The van der Waals surface area contributed by atoms with E-state index in [0.717, 1.165) is 6.42 Å². The molecule has 170 valence electrons. The van der Waals surface area contributed by atoms with E-state index in [1.807, 2.05) is 0 Å². The molecule has 1 heterocycles. The Morgan fingerprint density at radius 1 is 1.07 bits per heavy atom. The Balaban J connectivity index is 2.81. The largest absolute Gasteiger partial charge is 0.480 e. The lowest BCUT2D eigenvalue weighted by atomic mass is 10.0. The van der Waals surface area contributed by atoms with Gasteiger partial charge in [-0.25, -0.2) is 4.79 Å². The van der Waals surface area contributed by atoms with Gasteiger partial charge in [-0.2, -0.15) is 12.6 Å². The van der Waals surface area contributed by atoms with E-state index in [2.05, 4.69) is 33.9 Å². The first-order valence-corrected chi connectivity index (χ1v) is 10.4. The summed E-state index contributed by atoms with van der Waals surface area (Å²) < 4.78 is 0. The predicted molar refractivity (Wildman–Crippen MR) is 112 cm³/mol. The molecule has 4 atom stereocenters. The normalized spacial score (nSPS) is 18.9. The van der Waals surface area contributed by atoms with E-state index in [4.69, 9.17) is 5.73 Å². The minimum Gasteiger partial charge on any atom is -0.480 e. The van der Waals surface area contributed by atoms with E-state index in [0.29, 0.717) is 13.0 Å². The van der Waals surface area contributed by atoms with Crippen molar-refractivity contribution in [2.75, 3.05) is 12.3 Å². The zero-order valence-electron chi connectivity index (χ0n) is 17.1. The number of carboxylic acid groups (broad SMARTS) is 1. The first-order chi connectivity index (χ1) is 14.0. The Morgan fingerprint density at radius 2 is 1.67 bits per heavy atom. The van der Waals surface area contributed by atoms with Crippen molar-refractivity contribution in [3.63, 3.8) is 0 Å². The molecule has 0 radical (unpaired) electrons. The number of hydrogen-bond acceptors (Lipinski definition) is 7. The molecule has 0 saturated carbocycles. The first kappa shape index (κ1) is 25.7. The maximum absolute atomic E-state index is 12.6. The van der Waals surface area contributed by atoms with Crippen LogP contribution in [-0.4, -0.2) is 71.2 Å². The highest BCUT2D eigenvalue weighted by molar-refractivity contribution is 7.80. The summed E-state index contributed by atoms with van der Waals surface area (Å²) in [5, 5.41) is 19.5. The van der Waals surface area contributed by atoms with Crippen molar-refractivity contribution in [3.8, 4) is 0 Å². The van der Waals surface area contributed by atoms with Crippen LogP contribution in [0.1, 0.15) is 39.5 Å². The maximum Gasteiger partial charge on any atom is 0.326 e. The van der Waals surface area contributed by atoms with Crippen LogP contribution >= 0.6 is 12.6 Å². The SMILES string of the molecule is CC(C)CC(NC(=O)C(CC(N)=O)NC(=O)C(CS)NC(=O)C1CCCN1)C(=O)O. The summed E-state index contributed by atoms with van der Waals surface area (Å²) in [7, 11) is 0. The van der Waals surface area contributed by atoms with Crippen LogP contribution in [-0.2, 0) is 24.0 Å². The summed E-state index contributed by atoms with van der Waals surface area (Å²) >= 11 is 4.07. The number of nitrogens with one attached hydrogen (secondary N) is 4. The second kappa shape index (κ2) is 12.4. The zero-order valence-corrected chi connectivity index (χ0v) is 18.0. The average molecular weight is 446 g/mol. The van der Waals surface area contributed by atoms with Crippen LogP contribution in [0.25, 0.3) is 0 Å². The Labute approximate surface area is 180 Å². The van der Waals surface area contributed by atoms with Crippen molar-refractivity contribution in [1.82, 2.24) is 21.3 Å². The van der Waals surface area contributed by atoms with Gasteiger partial charge in [0, 0.05) is 5.75 Å². The monoisotopic (exact) mass is 445 g/mol. The first-order valence-electron chi connectivity index (χ1n) is 9.81. The van der Waals surface area contributed by atoms with Crippen molar-refractivity contribution in [2.45, 2.75) is 63.7 Å². The number of primary amides is 1. The van der Waals surface area contributed by atoms with Gasteiger partial charge in [0.2, 0.25) is 23.6 Å². The van der Waals surface area contributed by atoms with Crippen LogP contribution < -0.4 is 27.0 Å². The zero-order chi connectivity index (χ0) is 22.8. The minimum absolute atomic E-state index is 0.0106. The molecule has 1 aliphatic rings. The van der Waals surface area contributed by atoms with Gasteiger partial charge in [-0.3, -0.25) is 19.2 Å². The van der Waals surface area contributed by atoms with Gasteiger partial charge < -0.3 is 32.1 Å². The van der Waals surface area contributed by atoms with E-state index in [1.54, 1.807) is 13.8 Å². The van der Waals surface area contributed by atoms with Gasteiger partial charge in [-0.1, -0.05) is 13.8 Å². The average Bonchev–Trinajstić information content (AvgIpc) is 3.18. The number of aliphatic carboxylic acids is 1. The van der Waals surface area contributed by atoms with Crippen molar-refractivity contribution >= 4 is 42.2 Å². The molecule has 0 spiro atoms. The van der Waals surface area contributed by atoms with E-state index in [9.17, 15) is 29.1 Å². The number of rotatable bonds is 12. The van der Waals surface area contributed by atoms with E-state index in [1.165, 1.54) is 0 Å². The molecule has 1 saturated heterocycles. The molecule has 0 aromatic rings. The number of thiol groups is 1. The highest BCUT2D eigenvalue weighted by atomic mass is 32.1. The predicted octanol–water partition coefficient (Wildman–Crippen LogP) is -1.87. The number of carboxylic acids is 1. The van der Waals surface area contributed by atoms with Gasteiger partial charge in [-0.15, -0.1) is 0 Å². The summed E-state index contributed by atoms with van der Waals surface area (Å²) in [6.45, 7) is 4.30. The Hall–Kier alpha value is -2.34. The van der Waals surface area contributed by atoms with E-state index in [-0.39, 0.29) is 24.0 Å². The summed E-state index contributed by atoms with van der Waals surface area (Å²) in [5.41, 5.74) is 5.17. The van der Waals surface area contributed by atoms with Gasteiger partial charge in [0.05, 0.1) is 12.5 Å². The molecule has 7 N–H and O–H groups in total. The summed E-state index contributed by atoms with van der Waals surface area (Å²) in [6, 6.07) is -4.01. The van der Waals surface area contributed by atoms with Gasteiger partial charge in [-0.05, 0) is 31.7 Å². The second-order valence-electron chi connectivity index (χ2n) is 7.65. The lowest BCUT2D eigenvalue weighted by molar-refractivity contribution is -0.143. The molecule has 4 amide bonds. The van der Waals surface area contributed by atoms with E-state index < -0.39 is 54.3 Å². The van der Waals surface area contributed by atoms with Gasteiger partial charge >= 0.3 is 5.97 Å². The van der Waals surface area contributed by atoms with Crippen molar-refractivity contribution < 1.29 is 29.1 Å². The number of carbonyl (C=O) groups excluding carboxylic acids is 4. The molecule has 1 rings (SSSR count). The molecule has 0 aromatic heterocycles. The third-order valence-corrected chi connectivity index (χ3v) is 4.92. The number of nitrogens with two attached hydrogens (primary N) is 1. The molecule has 0 aromatic carbocycles. The number of hydrogen-bond donors (Lipinski definition) is 7. The highest BCUT2D eigenvalue weighted by Gasteiger charge is 2.31. The summed E-state index contributed by atoms with van der Waals surface area (Å²) in [5.74, 6) is -4.08. The number of amides is 4. The number of carbonyl (C=O) groups is 5. The molecule has 0 aliphatic carbocycles. The minimum atomic E-state index is -1.38. The van der Waals surface area contributed by atoms with Gasteiger partial charge in [0.1, 0.15) is 18.1 Å². The third kappa shape index (κ3) is 8.57. The standard InChI is InChI=1S/C18H31N5O6S/c1-9(2)6-12(18(28)29)22-16(26)11(7-14(19)24)21-17(27)13(8-30)23-15(25)10-4-3-5-20-10/h9-13,20,30H,3-8H2,1-2H3,(H2,19,24)(H,21,27)(H,22,26)(H,23,25)(H,28,29). The molecule has 4 unspecified atom stereocenters. The molecule has 1 fully saturated rings. The van der Waals surface area contributed by atoms with Crippen molar-refractivity contribution in [3.05, 3.63) is 0 Å². The lowest BCUT2D eigenvalue weighted by Crippen LogP contribution is -2.58. The maximum atomic E-state index is 12.6. The molecular weight excluding hydrogens is 414 g/mol. The quantitative estimate of drug-likeness (QED) is 0.172. The highest BCUT2D eigenvalue weighted by Crippen LogP contribution is 2.07. The third-order valence-electron chi connectivity index (χ3n) is 4.55. The topological polar surface area (TPSA) is 180 Å². The fourth-order valence-corrected chi connectivity index (χ4v) is 3.28. The van der Waals surface area contributed by atoms with Crippen LogP contribution in [0, 0.1) is 5.92 Å². The summed E-state index contributed by atoms with van der Waals surface area (Å²) in [4.78, 5) is 60.1. The van der Waals surface area contributed by atoms with Crippen molar-refractivity contribution in [2.24, 2.45) is 11.7 Å². The van der Waals surface area contributed by atoms with Crippen LogP contribution in [0.2, 0.25) is 0 Å². The fraction of sp³-hybridized carbons (Fsp3) is 0.722. The molecule has 11 nitrogen and oxygen atoms in total. The van der Waals surface area contributed by atoms with Crippen LogP contribution in [0.3, 0.4) is 0 Å². The van der Waals surface area contributed by atoms with Gasteiger partial charge in [0.15, 0.2) is 0 Å². The molecule has 0 bridgehead atoms. The Morgan fingerprint density at radius 3 is 2.13 bits per heavy atom. The smallest absolute Gasteiger partial charge is 0.326 e. The van der Waals surface area contributed by atoms with Crippen molar-refractivity contribution in [1.29, 1.82) is 0 Å². The van der Waals surface area contributed by atoms with E-state index >= 15 is 0 Å². The molecular formula is C18H31N5O6S. The Bertz CT molecular complexity index is 653. The van der Waals surface area contributed by atoms with Crippen LogP contribution in [0.4, 0.5) is 0 Å². The second-order valence-corrected chi connectivity index (χ2v) is 8.02. The van der Waals surface area contributed by atoms with Gasteiger partial charge in [0.25, 0.3) is 0 Å².